The number of hydrogen-bond donors (Lipinski definition) is 0. The van der Waals surface area contributed by atoms with E-state index in [1.807, 2.05) is 13.8 Å². The molecule has 4 rings (SSSR count). The largest absolute Gasteiger partial charge is 0.482 e. The maximum absolute atomic E-state index is 13.5. The molecule has 0 bridgehead atoms. The van der Waals surface area contributed by atoms with Gasteiger partial charge in [0.15, 0.2) is 12.4 Å². The van der Waals surface area contributed by atoms with Crippen LogP contribution in [0, 0.1) is 6.92 Å². The van der Waals surface area contributed by atoms with Crippen molar-refractivity contribution >= 4 is 21.6 Å². The fraction of sp³-hybridized carbons (Fsp3) is 0.571. The smallest absolute Gasteiger partial charge is 0.265 e. The van der Waals surface area contributed by atoms with Gasteiger partial charge in [-0.05, 0) is 37.8 Å². The van der Waals surface area contributed by atoms with Crippen LogP contribution in [0.3, 0.4) is 0 Å². The summed E-state index contributed by atoms with van der Waals surface area (Å²) in [5, 5.41) is 3.92. The van der Waals surface area contributed by atoms with Gasteiger partial charge >= 0.3 is 0 Å². The summed E-state index contributed by atoms with van der Waals surface area (Å²) in [4.78, 5) is 18.6. The zero-order valence-corrected chi connectivity index (χ0v) is 18.9. The number of sulfonamides is 1. The molecule has 1 fully saturated rings. The molecule has 0 spiro atoms. The number of carbonyl (C=O) groups excluding carboxylic acids is 1. The molecule has 0 radical (unpaired) electrons. The molecule has 31 heavy (non-hydrogen) atoms. The lowest BCUT2D eigenvalue weighted by Gasteiger charge is -2.35. The Labute approximate surface area is 182 Å². The van der Waals surface area contributed by atoms with Crippen molar-refractivity contribution in [3.8, 4) is 5.75 Å². The molecule has 1 saturated heterocycles. The van der Waals surface area contributed by atoms with Gasteiger partial charge in [0.2, 0.25) is 15.9 Å². The fourth-order valence-electron chi connectivity index (χ4n) is 4.25. The second kappa shape index (κ2) is 8.58. The first-order chi connectivity index (χ1) is 14.8. The average Bonchev–Trinajstić information content (AvgIpc) is 3.23. The SMILES string of the molecule is CCc1nc(CN2C(=O)COc3cc(S(=O)(=O)N4CCCCC4CC)c(C)cc32)no1. The second-order valence-corrected chi connectivity index (χ2v) is 9.84. The molecule has 1 aromatic heterocycles. The summed E-state index contributed by atoms with van der Waals surface area (Å²) in [5.74, 6) is 1.02. The molecule has 10 heteroatoms. The third kappa shape index (κ3) is 4.06. The third-order valence-electron chi connectivity index (χ3n) is 5.94. The monoisotopic (exact) mass is 448 g/mol. The van der Waals surface area contributed by atoms with Crippen LogP contribution in [0.2, 0.25) is 0 Å². The van der Waals surface area contributed by atoms with Gasteiger partial charge in [0.25, 0.3) is 5.91 Å². The summed E-state index contributed by atoms with van der Waals surface area (Å²) in [7, 11) is -3.67. The van der Waals surface area contributed by atoms with Gasteiger partial charge < -0.3 is 9.26 Å². The number of aryl methyl sites for hydroxylation is 2. The Hall–Kier alpha value is -2.46. The van der Waals surface area contributed by atoms with Crippen LogP contribution in [0.4, 0.5) is 5.69 Å². The highest BCUT2D eigenvalue weighted by Crippen LogP contribution is 2.39. The number of benzene rings is 1. The lowest BCUT2D eigenvalue weighted by molar-refractivity contribution is -0.121. The Kier molecular flexibility index (Phi) is 6.02. The van der Waals surface area contributed by atoms with Crippen LogP contribution in [-0.2, 0) is 27.8 Å². The fourth-order valence-corrected chi connectivity index (χ4v) is 6.24. The molecule has 1 atom stereocenters. The first-order valence-corrected chi connectivity index (χ1v) is 12.2. The molecule has 2 aromatic rings. The van der Waals surface area contributed by atoms with Gasteiger partial charge in [-0.1, -0.05) is 25.4 Å². The molecular formula is C21H28N4O5S. The van der Waals surface area contributed by atoms with Crippen LogP contribution < -0.4 is 9.64 Å². The summed E-state index contributed by atoms with van der Waals surface area (Å²) < 4.78 is 39.4. The van der Waals surface area contributed by atoms with Gasteiger partial charge in [-0.2, -0.15) is 9.29 Å². The van der Waals surface area contributed by atoms with Crippen LogP contribution >= 0.6 is 0 Å². The predicted molar refractivity (Wildman–Crippen MR) is 113 cm³/mol. The number of carbonyl (C=O) groups is 1. The maximum Gasteiger partial charge on any atom is 0.265 e. The normalized spacial score (nSPS) is 19.9. The molecule has 9 nitrogen and oxygen atoms in total. The zero-order valence-electron chi connectivity index (χ0n) is 18.1. The highest BCUT2D eigenvalue weighted by Gasteiger charge is 2.36. The van der Waals surface area contributed by atoms with Crippen molar-refractivity contribution in [2.45, 2.75) is 70.4 Å². The first kappa shape index (κ1) is 21.8. The van der Waals surface area contributed by atoms with E-state index in [2.05, 4.69) is 10.1 Å². The summed E-state index contributed by atoms with van der Waals surface area (Å²) >= 11 is 0. The van der Waals surface area contributed by atoms with E-state index in [0.29, 0.717) is 41.7 Å². The molecule has 0 aliphatic carbocycles. The Morgan fingerprint density at radius 1 is 1.23 bits per heavy atom. The molecule has 1 aromatic carbocycles. The van der Waals surface area contributed by atoms with Crippen molar-refractivity contribution in [2.24, 2.45) is 0 Å². The van der Waals surface area contributed by atoms with E-state index in [4.69, 9.17) is 9.26 Å². The summed E-state index contributed by atoms with van der Waals surface area (Å²) in [5.41, 5.74) is 1.09. The van der Waals surface area contributed by atoms with E-state index in [-0.39, 0.29) is 30.0 Å². The topological polar surface area (TPSA) is 106 Å². The van der Waals surface area contributed by atoms with Crippen molar-refractivity contribution in [1.82, 2.24) is 14.4 Å². The highest BCUT2D eigenvalue weighted by atomic mass is 32.2. The number of piperidine rings is 1. The van der Waals surface area contributed by atoms with E-state index in [0.717, 1.165) is 25.7 Å². The molecule has 1 unspecified atom stereocenters. The molecule has 0 N–H and O–H groups in total. The van der Waals surface area contributed by atoms with Crippen LogP contribution in [0.15, 0.2) is 21.6 Å². The summed E-state index contributed by atoms with van der Waals surface area (Å²) in [6.07, 6.45) is 4.18. The molecule has 2 aliphatic heterocycles. The van der Waals surface area contributed by atoms with Gasteiger partial charge in [-0.25, -0.2) is 8.42 Å². The van der Waals surface area contributed by atoms with Gasteiger partial charge in [0, 0.05) is 25.1 Å². The van der Waals surface area contributed by atoms with Crippen molar-refractivity contribution in [3.05, 3.63) is 29.4 Å². The van der Waals surface area contributed by atoms with E-state index in [9.17, 15) is 13.2 Å². The minimum atomic E-state index is -3.67. The summed E-state index contributed by atoms with van der Waals surface area (Å²) in [6, 6.07) is 3.26. The summed E-state index contributed by atoms with van der Waals surface area (Å²) in [6.45, 7) is 6.17. The first-order valence-electron chi connectivity index (χ1n) is 10.8. The van der Waals surface area contributed by atoms with E-state index in [1.165, 1.54) is 4.90 Å². The van der Waals surface area contributed by atoms with Crippen molar-refractivity contribution < 1.29 is 22.5 Å². The van der Waals surface area contributed by atoms with E-state index in [1.54, 1.807) is 23.4 Å². The van der Waals surface area contributed by atoms with Crippen molar-refractivity contribution in [3.63, 3.8) is 0 Å². The number of nitrogens with zero attached hydrogens (tertiary/aromatic N) is 4. The van der Waals surface area contributed by atoms with Gasteiger partial charge in [-0.3, -0.25) is 9.69 Å². The van der Waals surface area contributed by atoms with Crippen molar-refractivity contribution in [1.29, 1.82) is 0 Å². The molecule has 168 valence electrons. The standard InChI is InChI=1S/C21H28N4O5S/c1-4-15-8-6-7-9-25(15)31(27,28)18-11-17-16(10-14(18)3)24(21(26)13-29-17)12-19-22-20(5-2)30-23-19/h10-11,15H,4-9,12-13H2,1-3H3. The Morgan fingerprint density at radius 3 is 2.74 bits per heavy atom. The second-order valence-electron chi connectivity index (χ2n) is 7.99. The quantitative estimate of drug-likeness (QED) is 0.669. The molecule has 2 aliphatic rings. The van der Waals surface area contributed by atoms with Crippen LogP contribution in [0.1, 0.15) is 56.8 Å². The van der Waals surface area contributed by atoms with Crippen molar-refractivity contribution in [2.75, 3.05) is 18.1 Å². The number of ether oxygens (including phenoxy) is 1. The zero-order chi connectivity index (χ0) is 22.2. The average molecular weight is 449 g/mol. The third-order valence-corrected chi connectivity index (χ3v) is 8.04. The Morgan fingerprint density at radius 2 is 2.03 bits per heavy atom. The van der Waals surface area contributed by atoms with Gasteiger partial charge in [-0.15, -0.1) is 0 Å². The Balaban J connectivity index is 1.69. The molecule has 0 saturated carbocycles. The number of rotatable bonds is 6. The number of fused-ring (bicyclic) bond motifs is 1. The maximum atomic E-state index is 13.5. The number of amides is 1. The molecular weight excluding hydrogens is 420 g/mol. The Bertz CT molecular complexity index is 1080. The number of hydrogen-bond acceptors (Lipinski definition) is 7. The lowest BCUT2D eigenvalue weighted by atomic mass is 10.0. The minimum absolute atomic E-state index is 0.0131. The number of anilines is 1. The molecule has 3 heterocycles. The van der Waals surface area contributed by atoms with Crippen LogP contribution in [0.25, 0.3) is 0 Å². The minimum Gasteiger partial charge on any atom is -0.482 e. The van der Waals surface area contributed by atoms with E-state index < -0.39 is 10.0 Å². The van der Waals surface area contributed by atoms with Crippen LogP contribution in [-0.4, -0.2) is 48.0 Å². The van der Waals surface area contributed by atoms with Crippen LogP contribution in [0.5, 0.6) is 5.75 Å². The van der Waals surface area contributed by atoms with Gasteiger partial charge in [0.05, 0.1) is 17.1 Å². The lowest BCUT2D eigenvalue weighted by Crippen LogP contribution is -2.43. The molecule has 1 amide bonds. The highest BCUT2D eigenvalue weighted by molar-refractivity contribution is 7.89. The van der Waals surface area contributed by atoms with Gasteiger partial charge in [0.1, 0.15) is 5.75 Å². The number of aromatic nitrogens is 2. The van der Waals surface area contributed by atoms with E-state index >= 15 is 0 Å². The predicted octanol–water partition coefficient (Wildman–Crippen LogP) is 2.82.